The van der Waals surface area contributed by atoms with Crippen LogP contribution in [0.2, 0.25) is 5.02 Å². The molecule has 1 aromatic heterocycles. The van der Waals surface area contributed by atoms with E-state index in [2.05, 4.69) is 13.8 Å². The summed E-state index contributed by atoms with van der Waals surface area (Å²) in [6.07, 6.45) is 1.86. The fourth-order valence-electron chi connectivity index (χ4n) is 2.50. The Balaban J connectivity index is 1.86. The van der Waals surface area contributed by atoms with Crippen LogP contribution in [-0.2, 0) is 4.84 Å². The molecule has 1 aliphatic heterocycles. The Hall–Kier alpha value is -1.91. The van der Waals surface area contributed by atoms with Crippen LogP contribution < -0.4 is 5.73 Å². The van der Waals surface area contributed by atoms with Gasteiger partial charge in [-0.3, -0.25) is 0 Å². The first kappa shape index (κ1) is 15.0. The standard InChI is InChI=1S/C17H19ClN2O2/c1-11(2)10-20-14(9-17(19)22-20)16-7-6-15(21-16)12-4-3-5-13(18)8-12/h3-9,11,14H,10,19H2,1-2H3. The van der Waals surface area contributed by atoms with Gasteiger partial charge in [-0.1, -0.05) is 37.6 Å². The second kappa shape index (κ2) is 6.07. The molecule has 0 bridgehead atoms. The number of furan rings is 1. The third-order valence-corrected chi connectivity index (χ3v) is 3.66. The highest BCUT2D eigenvalue weighted by molar-refractivity contribution is 6.30. The minimum Gasteiger partial charge on any atom is -0.459 e. The van der Waals surface area contributed by atoms with E-state index in [1.165, 1.54) is 0 Å². The van der Waals surface area contributed by atoms with Crippen molar-refractivity contribution in [2.45, 2.75) is 19.9 Å². The maximum atomic E-state index is 6.03. The van der Waals surface area contributed by atoms with Crippen molar-refractivity contribution < 1.29 is 9.25 Å². The van der Waals surface area contributed by atoms with Crippen LogP contribution in [0.3, 0.4) is 0 Å². The molecule has 0 fully saturated rings. The van der Waals surface area contributed by atoms with E-state index in [9.17, 15) is 0 Å². The molecule has 4 nitrogen and oxygen atoms in total. The number of nitrogens with zero attached hydrogens (tertiary/aromatic N) is 1. The van der Waals surface area contributed by atoms with Crippen molar-refractivity contribution in [3.05, 3.63) is 59.1 Å². The third kappa shape index (κ3) is 3.13. The average molecular weight is 319 g/mol. The molecule has 116 valence electrons. The number of hydrogen-bond acceptors (Lipinski definition) is 4. The molecule has 22 heavy (non-hydrogen) atoms. The summed E-state index contributed by atoms with van der Waals surface area (Å²) in [5.41, 5.74) is 6.75. The number of benzene rings is 1. The van der Waals surface area contributed by atoms with E-state index in [-0.39, 0.29) is 6.04 Å². The van der Waals surface area contributed by atoms with E-state index in [0.717, 1.165) is 23.6 Å². The van der Waals surface area contributed by atoms with E-state index < -0.39 is 0 Å². The minimum absolute atomic E-state index is 0.102. The molecular weight excluding hydrogens is 300 g/mol. The largest absolute Gasteiger partial charge is 0.459 e. The Kier molecular flexibility index (Phi) is 4.14. The van der Waals surface area contributed by atoms with Gasteiger partial charge in [0.05, 0.1) is 0 Å². The molecule has 0 saturated heterocycles. The van der Waals surface area contributed by atoms with Gasteiger partial charge in [0.15, 0.2) is 0 Å². The molecule has 1 unspecified atom stereocenters. The molecule has 0 spiro atoms. The van der Waals surface area contributed by atoms with Gasteiger partial charge in [0.25, 0.3) is 0 Å². The van der Waals surface area contributed by atoms with Crippen LogP contribution in [0.15, 0.2) is 52.8 Å². The lowest BCUT2D eigenvalue weighted by atomic mass is 10.1. The second-order valence-corrected chi connectivity index (χ2v) is 6.25. The number of rotatable bonds is 4. The molecule has 2 heterocycles. The quantitative estimate of drug-likeness (QED) is 0.910. The van der Waals surface area contributed by atoms with Gasteiger partial charge in [-0.2, -0.15) is 0 Å². The van der Waals surface area contributed by atoms with Crippen molar-refractivity contribution in [3.63, 3.8) is 0 Å². The van der Waals surface area contributed by atoms with Gasteiger partial charge in [0.2, 0.25) is 5.88 Å². The van der Waals surface area contributed by atoms with E-state index in [1.54, 1.807) is 0 Å². The van der Waals surface area contributed by atoms with Gasteiger partial charge in [-0.25, -0.2) is 0 Å². The van der Waals surface area contributed by atoms with Crippen molar-refractivity contribution in [2.75, 3.05) is 6.54 Å². The van der Waals surface area contributed by atoms with Crippen LogP contribution in [0.25, 0.3) is 11.3 Å². The summed E-state index contributed by atoms with van der Waals surface area (Å²) < 4.78 is 5.99. The summed E-state index contributed by atoms with van der Waals surface area (Å²) in [7, 11) is 0. The summed E-state index contributed by atoms with van der Waals surface area (Å²) in [5.74, 6) is 2.45. The van der Waals surface area contributed by atoms with Gasteiger partial charge in [-0.15, -0.1) is 5.06 Å². The summed E-state index contributed by atoms with van der Waals surface area (Å²) in [5, 5.41) is 2.53. The number of nitrogens with two attached hydrogens (primary N) is 1. The van der Waals surface area contributed by atoms with Gasteiger partial charge in [0, 0.05) is 23.2 Å². The van der Waals surface area contributed by atoms with E-state index in [4.69, 9.17) is 26.6 Å². The minimum atomic E-state index is -0.102. The van der Waals surface area contributed by atoms with Crippen molar-refractivity contribution in [1.82, 2.24) is 5.06 Å². The molecule has 0 radical (unpaired) electrons. The molecule has 1 aliphatic rings. The average Bonchev–Trinajstić information content (AvgIpc) is 3.05. The van der Waals surface area contributed by atoms with E-state index >= 15 is 0 Å². The van der Waals surface area contributed by atoms with Gasteiger partial charge in [-0.05, 0) is 30.2 Å². The lowest BCUT2D eigenvalue weighted by molar-refractivity contribution is -0.129. The maximum Gasteiger partial charge on any atom is 0.207 e. The SMILES string of the molecule is CC(C)CN1OC(N)=CC1c1ccc(-c2cccc(Cl)c2)o1. The predicted molar refractivity (Wildman–Crippen MR) is 86.8 cm³/mol. The van der Waals surface area contributed by atoms with Crippen LogP contribution in [0.1, 0.15) is 25.6 Å². The lowest BCUT2D eigenvalue weighted by Gasteiger charge is -2.22. The zero-order chi connectivity index (χ0) is 15.7. The first-order valence-electron chi connectivity index (χ1n) is 7.30. The Morgan fingerprint density at radius 1 is 1.27 bits per heavy atom. The molecular formula is C17H19ClN2O2. The van der Waals surface area contributed by atoms with Crippen molar-refractivity contribution in [3.8, 4) is 11.3 Å². The van der Waals surface area contributed by atoms with Gasteiger partial charge >= 0.3 is 0 Å². The molecule has 5 heteroatoms. The first-order valence-corrected chi connectivity index (χ1v) is 7.68. The lowest BCUT2D eigenvalue weighted by Crippen LogP contribution is -2.27. The van der Waals surface area contributed by atoms with Gasteiger partial charge < -0.3 is 15.0 Å². The molecule has 0 amide bonds. The highest BCUT2D eigenvalue weighted by atomic mass is 35.5. The topological polar surface area (TPSA) is 51.6 Å². The number of hydroxylamine groups is 2. The van der Waals surface area contributed by atoms with E-state index in [1.807, 2.05) is 47.5 Å². The molecule has 0 aliphatic carbocycles. The van der Waals surface area contributed by atoms with E-state index in [0.29, 0.717) is 16.8 Å². The second-order valence-electron chi connectivity index (χ2n) is 5.81. The van der Waals surface area contributed by atoms with Crippen LogP contribution >= 0.6 is 11.6 Å². The Morgan fingerprint density at radius 3 is 2.82 bits per heavy atom. The molecule has 1 atom stereocenters. The fourth-order valence-corrected chi connectivity index (χ4v) is 2.70. The van der Waals surface area contributed by atoms with Crippen LogP contribution in [0.4, 0.5) is 0 Å². The smallest absolute Gasteiger partial charge is 0.207 e. The van der Waals surface area contributed by atoms with Crippen LogP contribution in [0, 0.1) is 5.92 Å². The van der Waals surface area contributed by atoms with Crippen molar-refractivity contribution in [1.29, 1.82) is 0 Å². The summed E-state index contributed by atoms with van der Waals surface area (Å²) in [4.78, 5) is 5.56. The highest BCUT2D eigenvalue weighted by Gasteiger charge is 2.30. The monoisotopic (exact) mass is 318 g/mol. The maximum absolute atomic E-state index is 6.03. The van der Waals surface area contributed by atoms with Crippen LogP contribution in [0.5, 0.6) is 0 Å². The Labute approximate surface area is 135 Å². The first-order chi connectivity index (χ1) is 10.5. The summed E-state index contributed by atoms with van der Waals surface area (Å²) in [6.45, 7) is 5.04. The summed E-state index contributed by atoms with van der Waals surface area (Å²) >= 11 is 6.03. The Bertz CT molecular complexity index is 693. The highest BCUT2D eigenvalue weighted by Crippen LogP contribution is 2.34. The normalized spacial score (nSPS) is 18.5. The third-order valence-electron chi connectivity index (χ3n) is 3.43. The molecule has 0 saturated carbocycles. The van der Waals surface area contributed by atoms with Crippen molar-refractivity contribution >= 4 is 11.6 Å². The molecule has 1 aromatic carbocycles. The zero-order valence-electron chi connectivity index (χ0n) is 12.6. The fraction of sp³-hybridized carbons (Fsp3) is 0.294. The summed E-state index contributed by atoms with van der Waals surface area (Å²) in [6, 6.07) is 11.4. The number of halogens is 1. The van der Waals surface area contributed by atoms with Gasteiger partial charge in [0.1, 0.15) is 17.6 Å². The number of hydrogen-bond donors (Lipinski definition) is 1. The molecule has 3 rings (SSSR count). The Morgan fingerprint density at radius 2 is 2.09 bits per heavy atom. The predicted octanol–water partition coefficient (Wildman–Crippen LogP) is 4.34. The molecule has 2 N–H and O–H groups in total. The van der Waals surface area contributed by atoms with Crippen molar-refractivity contribution in [2.24, 2.45) is 11.7 Å². The zero-order valence-corrected chi connectivity index (χ0v) is 13.4. The van der Waals surface area contributed by atoms with Crippen LogP contribution in [-0.4, -0.2) is 11.6 Å². The molecule has 2 aromatic rings.